The Hall–Kier alpha value is -2.69. The predicted octanol–water partition coefficient (Wildman–Crippen LogP) is 5.64. The molecule has 0 spiro atoms. The summed E-state index contributed by atoms with van der Waals surface area (Å²) in [6.07, 6.45) is 3.93. The molecule has 2 fully saturated rings. The normalized spacial score (nSPS) is 23.7. The van der Waals surface area contributed by atoms with E-state index in [1.807, 2.05) is 30.3 Å². The minimum atomic E-state index is -3.07. The van der Waals surface area contributed by atoms with Crippen molar-refractivity contribution in [2.24, 2.45) is 11.8 Å². The van der Waals surface area contributed by atoms with Crippen LogP contribution < -0.4 is 0 Å². The number of hydrogen-bond acceptors (Lipinski definition) is 8. The van der Waals surface area contributed by atoms with Gasteiger partial charge in [-0.15, -0.1) is 0 Å². The van der Waals surface area contributed by atoms with Crippen molar-refractivity contribution < 1.29 is 34.8 Å². The third-order valence-corrected chi connectivity index (χ3v) is 9.87. The van der Waals surface area contributed by atoms with E-state index >= 15 is 0 Å². The van der Waals surface area contributed by atoms with Gasteiger partial charge in [0.05, 0.1) is 0 Å². The van der Waals surface area contributed by atoms with Gasteiger partial charge in [-0.3, -0.25) is 0 Å². The fraction of sp³-hybridized carbons (Fsp3) is 0.500. The number of ether oxygens (including phenoxy) is 2. The molecule has 2 aliphatic carbocycles. The van der Waals surface area contributed by atoms with Crippen LogP contribution in [0.15, 0.2) is 54.6 Å². The number of carbonyl (C=O) groups is 4. The van der Waals surface area contributed by atoms with Crippen LogP contribution in [0.3, 0.4) is 0 Å². The first kappa shape index (κ1) is 28.9. The van der Waals surface area contributed by atoms with Crippen molar-refractivity contribution in [2.45, 2.75) is 77.4 Å². The van der Waals surface area contributed by atoms with Crippen LogP contribution >= 0.6 is 20.6 Å². The zero-order valence-electron chi connectivity index (χ0n) is 21.4. The summed E-state index contributed by atoms with van der Waals surface area (Å²) in [5.74, 6) is -2.25. The number of esters is 2. The van der Waals surface area contributed by atoms with E-state index in [4.69, 9.17) is 15.6 Å². The summed E-state index contributed by atoms with van der Waals surface area (Å²) in [7, 11) is 0. The van der Waals surface area contributed by atoms with Crippen molar-refractivity contribution in [3.8, 4) is 0 Å². The predicted molar refractivity (Wildman–Crippen MR) is 145 cm³/mol. The molecule has 0 radical (unpaired) electrons. The summed E-state index contributed by atoms with van der Waals surface area (Å²) in [4.78, 5) is 49.6. The van der Waals surface area contributed by atoms with E-state index in [2.05, 4.69) is 13.2 Å². The van der Waals surface area contributed by atoms with Gasteiger partial charge in [0, 0.05) is 0 Å². The zero-order valence-corrected chi connectivity index (χ0v) is 23.6. The van der Waals surface area contributed by atoms with E-state index < -0.39 is 32.6 Å². The summed E-state index contributed by atoms with van der Waals surface area (Å²) in [6, 6.07) is 9.12. The van der Waals surface area contributed by atoms with Crippen LogP contribution in [0.25, 0.3) is 0 Å². The van der Waals surface area contributed by atoms with Gasteiger partial charge in [0.25, 0.3) is 0 Å². The molecule has 0 heterocycles. The molecule has 0 atom stereocenters. The Morgan fingerprint density at radius 2 is 1.05 bits per heavy atom. The molecule has 3 rings (SSSR count). The molecule has 0 unspecified atom stereocenters. The molecule has 9 heteroatoms. The summed E-state index contributed by atoms with van der Waals surface area (Å²) >= 11 is -3.07. The van der Waals surface area contributed by atoms with E-state index in [-0.39, 0.29) is 36.0 Å². The van der Waals surface area contributed by atoms with E-state index in [0.717, 1.165) is 3.57 Å². The fourth-order valence-electron chi connectivity index (χ4n) is 4.22. The van der Waals surface area contributed by atoms with E-state index in [1.165, 1.54) is 0 Å². The molecule has 0 N–H and O–H groups in total. The third-order valence-electron chi connectivity index (χ3n) is 6.46. The minimum absolute atomic E-state index is 0.236. The molecule has 0 aromatic heterocycles. The van der Waals surface area contributed by atoms with Crippen LogP contribution in [-0.4, -0.2) is 36.1 Å². The van der Waals surface area contributed by atoms with Gasteiger partial charge in [0.1, 0.15) is 0 Å². The van der Waals surface area contributed by atoms with Crippen LogP contribution in [0.5, 0.6) is 0 Å². The second-order valence-corrected chi connectivity index (χ2v) is 13.0. The second kappa shape index (κ2) is 13.7. The molecule has 1 aromatic rings. The number of carbonyl (C=O) groups excluding carboxylic acids is 4. The Morgan fingerprint density at radius 3 is 1.41 bits per heavy atom. The molecular weight excluding hydrogens is 591 g/mol. The number of hydrogen-bond donors (Lipinski definition) is 0. The van der Waals surface area contributed by atoms with Gasteiger partial charge in [0.2, 0.25) is 0 Å². The van der Waals surface area contributed by atoms with Crippen molar-refractivity contribution in [3.63, 3.8) is 0 Å². The first-order chi connectivity index (χ1) is 17.6. The van der Waals surface area contributed by atoms with Gasteiger partial charge in [-0.05, 0) is 0 Å². The molecule has 0 saturated heterocycles. The molecule has 2 aliphatic rings. The number of benzene rings is 1. The zero-order chi connectivity index (χ0) is 26.9. The summed E-state index contributed by atoms with van der Waals surface area (Å²) in [5, 5.41) is 0. The average molecular weight is 626 g/mol. The monoisotopic (exact) mass is 626 g/mol. The molecule has 0 bridgehead atoms. The van der Waals surface area contributed by atoms with Gasteiger partial charge in [-0.1, -0.05) is 0 Å². The Morgan fingerprint density at radius 1 is 0.676 bits per heavy atom. The third kappa shape index (κ3) is 8.69. The number of halogens is 1. The quantitative estimate of drug-likeness (QED) is 0.197. The summed E-state index contributed by atoms with van der Waals surface area (Å²) in [5.41, 5.74) is 0.698. The van der Waals surface area contributed by atoms with E-state index in [9.17, 15) is 19.2 Å². The van der Waals surface area contributed by atoms with Crippen molar-refractivity contribution in [1.82, 2.24) is 0 Å². The van der Waals surface area contributed by atoms with Gasteiger partial charge >= 0.3 is 227 Å². The van der Waals surface area contributed by atoms with Crippen LogP contribution in [-0.2, 0) is 34.8 Å². The van der Waals surface area contributed by atoms with Crippen LogP contribution in [0.4, 0.5) is 0 Å². The molecule has 202 valence electrons. The van der Waals surface area contributed by atoms with Gasteiger partial charge < -0.3 is 0 Å². The molecule has 8 nitrogen and oxygen atoms in total. The van der Waals surface area contributed by atoms with Gasteiger partial charge in [0.15, 0.2) is 0 Å². The number of rotatable bonds is 9. The molecule has 1 aromatic carbocycles. The first-order valence-electron chi connectivity index (χ1n) is 12.6. The van der Waals surface area contributed by atoms with Crippen LogP contribution in [0.2, 0.25) is 0 Å². The Balaban J connectivity index is 1.55. The Labute approximate surface area is 226 Å². The molecular formula is C28H35IO8. The van der Waals surface area contributed by atoms with Crippen LogP contribution in [0, 0.1) is 15.4 Å². The Kier molecular flexibility index (Phi) is 10.7. The van der Waals surface area contributed by atoms with Gasteiger partial charge in [-0.25, -0.2) is 0 Å². The van der Waals surface area contributed by atoms with Crippen molar-refractivity contribution in [2.75, 3.05) is 0 Å². The first-order valence-corrected chi connectivity index (χ1v) is 15.4. The summed E-state index contributed by atoms with van der Waals surface area (Å²) < 4.78 is 23.3. The molecule has 37 heavy (non-hydrogen) atoms. The fourth-order valence-corrected chi connectivity index (χ4v) is 7.33. The van der Waals surface area contributed by atoms with Crippen molar-refractivity contribution in [1.29, 1.82) is 0 Å². The summed E-state index contributed by atoms with van der Waals surface area (Å²) in [6.45, 7) is 10.4. The topological polar surface area (TPSA) is 105 Å². The van der Waals surface area contributed by atoms with E-state index in [0.29, 0.717) is 62.5 Å². The maximum absolute atomic E-state index is 13.0. The standard InChI is InChI=1S/C28H35IO8/c1-18(2)25(30)34-23-14-10-20(11-15-23)27(32)36-29(22-8-6-5-7-9-22)37-28(33)21-12-16-24(17-13-21)35-26(31)19(3)4/h5-9,20-21,23-24H,1,3,10-17H2,2,4H3. The average Bonchev–Trinajstić information content (AvgIpc) is 2.89. The van der Waals surface area contributed by atoms with Crippen LogP contribution in [0.1, 0.15) is 65.2 Å². The van der Waals surface area contributed by atoms with Crippen molar-refractivity contribution >= 4 is 44.5 Å². The second-order valence-electron chi connectivity index (χ2n) is 9.62. The van der Waals surface area contributed by atoms with Crippen molar-refractivity contribution in [3.05, 3.63) is 58.2 Å². The maximum atomic E-state index is 13.0. The SMILES string of the molecule is C=C(C)C(=O)OC1CCC(C(=O)OI(OC(=O)C2CCC(OC(=O)C(=C)C)CC2)c2ccccc2)CC1. The molecule has 0 aliphatic heterocycles. The Bertz CT molecular complexity index is 942. The molecule has 2 saturated carbocycles. The van der Waals surface area contributed by atoms with Gasteiger partial charge in [-0.2, -0.15) is 0 Å². The molecule has 0 amide bonds. The van der Waals surface area contributed by atoms with E-state index in [1.54, 1.807) is 13.8 Å².